The van der Waals surface area contributed by atoms with Crippen LogP contribution in [-0.2, 0) is 0 Å². The van der Waals surface area contributed by atoms with Gasteiger partial charge in [0.1, 0.15) is 0 Å². The molecule has 11 heavy (non-hydrogen) atoms. The summed E-state index contributed by atoms with van der Waals surface area (Å²) < 4.78 is 0. The van der Waals surface area contributed by atoms with Crippen molar-refractivity contribution in [2.24, 2.45) is 0 Å². The number of thiol groups is 2. The molecule has 1 rings (SSSR count). The van der Waals surface area contributed by atoms with E-state index in [1.165, 1.54) is 0 Å². The van der Waals surface area contributed by atoms with E-state index < -0.39 is 0 Å². The molecule has 0 aliphatic carbocycles. The van der Waals surface area contributed by atoms with Crippen LogP contribution in [0.3, 0.4) is 0 Å². The molecule has 0 heterocycles. The molecule has 0 bridgehead atoms. The van der Waals surface area contributed by atoms with E-state index in [1.54, 1.807) is 12.1 Å². The Hall–Kier alpha value is -0.190. The summed E-state index contributed by atoms with van der Waals surface area (Å²) in [6.07, 6.45) is 0. The van der Waals surface area contributed by atoms with Crippen molar-refractivity contribution in [3.05, 3.63) is 12.1 Å². The van der Waals surface area contributed by atoms with Gasteiger partial charge in [0.25, 0.3) is 0 Å². The molecule has 0 saturated heterocycles. The second-order valence-electron chi connectivity index (χ2n) is 1.97. The average Bonchev–Trinajstić information content (AvgIpc) is 1.84. The van der Waals surface area contributed by atoms with Crippen molar-refractivity contribution in [3.63, 3.8) is 0 Å². The first-order valence-corrected chi connectivity index (χ1v) is 3.57. The topological polar surface area (TPSA) is 52.0 Å². The lowest BCUT2D eigenvalue weighted by atomic mass is 10.3. The van der Waals surface area contributed by atoms with Crippen LogP contribution in [0.1, 0.15) is 0 Å². The van der Waals surface area contributed by atoms with Gasteiger partial charge in [-0.05, 0) is 12.1 Å². The number of rotatable bonds is 0. The van der Waals surface area contributed by atoms with Crippen molar-refractivity contribution in [1.82, 2.24) is 0 Å². The van der Waals surface area contributed by atoms with E-state index in [0.717, 1.165) is 0 Å². The molecule has 1 aromatic rings. The van der Waals surface area contributed by atoms with E-state index in [-0.39, 0.29) is 12.4 Å². The normalized spacial score (nSPS) is 8.91. The fourth-order valence-corrected chi connectivity index (χ4v) is 1.02. The van der Waals surface area contributed by atoms with Gasteiger partial charge < -0.3 is 11.5 Å². The van der Waals surface area contributed by atoms with Gasteiger partial charge in [-0.3, -0.25) is 0 Å². The van der Waals surface area contributed by atoms with Crippen molar-refractivity contribution in [2.75, 3.05) is 11.5 Å². The minimum atomic E-state index is 0. The minimum absolute atomic E-state index is 0. The van der Waals surface area contributed by atoms with Gasteiger partial charge in [-0.2, -0.15) is 0 Å². The first kappa shape index (κ1) is 10.8. The predicted octanol–water partition coefficient (Wildman–Crippen LogP) is 1.85. The van der Waals surface area contributed by atoms with Crippen LogP contribution in [0.4, 0.5) is 11.4 Å². The molecule has 0 aromatic heterocycles. The standard InChI is InChI=1S/C6H8N2S2.ClH/c7-3-1-5(9)4(8)2-6(3)10;/h1-2,9-10H,7-8H2;1H. The molecule has 4 N–H and O–H groups in total. The lowest BCUT2D eigenvalue weighted by molar-refractivity contribution is 1.38. The van der Waals surface area contributed by atoms with Gasteiger partial charge in [0.05, 0.1) is 0 Å². The SMILES string of the molecule is Cl.Nc1cc(S)c(N)cc1S. The Morgan fingerprint density at radius 1 is 0.909 bits per heavy atom. The quantitative estimate of drug-likeness (QED) is 0.389. The molecule has 0 amide bonds. The molecule has 1 aromatic carbocycles. The molecule has 0 spiro atoms. The maximum Gasteiger partial charge on any atom is 0.0462 e. The molecule has 5 heteroatoms. The van der Waals surface area contributed by atoms with E-state index >= 15 is 0 Å². The van der Waals surface area contributed by atoms with Gasteiger partial charge in [0.2, 0.25) is 0 Å². The molecule has 0 unspecified atom stereocenters. The third-order valence-electron chi connectivity index (χ3n) is 1.18. The van der Waals surface area contributed by atoms with Gasteiger partial charge in [-0.15, -0.1) is 37.7 Å². The second kappa shape index (κ2) is 3.99. The molecule has 0 aliphatic heterocycles. The van der Waals surface area contributed by atoms with E-state index in [0.29, 0.717) is 21.2 Å². The monoisotopic (exact) mass is 208 g/mol. The summed E-state index contributed by atoms with van der Waals surface area (Å²) in [5.41, 5.74) is 12.2. The number of nitrogen functional groups attached to an aromatic ring is 2. The Balaban J connectivity index is 0.000001000. The molecule has 2 nitrogen and oxygen atoms in total. The summed E-state index contributed by atoms with van der Waals surface area (Å²) in [7, 11) is 0. The van der Waals surface area contributed by atoms with Crippen LogP contribution in [0.5, 0.6) is 0 Å². The summed E-state index contributed by atoms with van der Waals surface area (Å²) in [4.78, 5) is 1.38. The fourth-order valence-electron chi connectivity index (χ4n) is 0.609. The summed E-state index contributed by atoms with van der Waals surface area (Å²) in [6.45, 7) is 0. The Morgan fingerprint density at radius 2 is 1.18 bits per heavy atom. The molecule has 62 valence electrons. The molecular weight excluding hydrogens is 200 g/mol. The zero-order valence-corrected chi connectivity index (χ0v) is 8.22. The highest BCUT2D eigenvalue weighted by Crippen LogP contribution is 2.25. The number of anilines is 2. The van der Waals surface area contributed by atoms with Crippen LogP contribution in [0.15, 0.2) is 21.9 Å². The van der Waals surface area contributed by atoms with Crippen molar-refractivity contribution in [2.45, 2.75) is 9.79 Å². The third-order valence-corrected chi connectivity index (χ3v) is 1.95. The lowest BCUT2D eigenvalue weighted by Crippen LogP contribution is -1.91. The van der Waals surface area contributed by atoms with Gasteiger partial charge in [0.15, 0.2) is 0 Å². The second-order valence-corrected chi connectivity index (χ2v) is 2.93. The molecule has 0 radical (unpaired) electrons. The Kier molecular flexibility index (Phi) is 3.92. The average molecular weight is 209 g/mol. The zero-order chi connectivity index (χ0) is 7.72. The smallest absolute Gasteiger partial charge is 0.0462 e. The van der Waals surface area contributed by atoms with Crippen molar-refractivity contribution < 1.29 is 0 Å². The Labute approximate surface area is 82.6 Å². The lowest BCUT2D eigenvalue weighted by Gasteiger charge is -2.02. The third kappa shape index (κ3) is 2.39. The highest BCUT2D eigenvalue weighted by atomic mass is 35.5. The number of hydrogen-bond donors (Lipinski definition) is 4. The summed E-state index contributed by atoms with van der Waals surface area (Å²) >= 11 is 8.15. The first-order chi connectivity index (χ1) is 4.61. The van der Waals surface area contributed by atoms with Crippen LogP contribution in [-0.4, -0.2) is 0 Å². The number of nitrogens with two attached hydrogens (primary N) is 2. The summed E-state index contributed by atoms with van der Waals surface area (Å²) in [5, 5.41) is 0. The summed E-state index contributed by atoms with van der Waals surface area (Å²) in [5.74, 6) is 0. The molecular formula is C6H9ClN2S2. The maximum atomic E-state index is 5.51. The van der Waals surface area contributed by atoms with Crippen LogP contribution in [0.2, 0.25) is 0 Å². The Morgan fingerprint density at radius 3 is 1.45 bits per heavy atom. The molecule has 0 saturated carbocycles. The van der Waals surface area contributed by atoms with E-state index in [9.17, 15) is 0 Å². The van der Waals surface area contributed by atoms with Gasteiger partial charge in [-0.25, -0.2) is 0 Å². The van der Waals surface area contributed by atoms with Crippen molar-refractivity contribution in [1.29, 1.82) is 0 Å². The number of benzene rings is 1. The first-order valence-electron chi connectivity index (χ1n) is 2.68. The van der Waals surface area contributed by atoms with Gasteiger partial charge in [-0.1, -0.05) is 0 Å². The highest BCUT2D eigenvalue weighted by Gasteiger charge is 1.98. The number of hydrogen-bond acceptors (Lipinski definition) is 4. The van der Waals surface area contributed by atoms with Gasteiger partial charge >= 0.3 is 0 Å². The van der Waals surface area contributed by atoms with Crippen LogP contribution in [0, 0.1) is 0 Å². The molecule has 0 fully saturated rings. The molecule has 0 aliphatic rings. The summed E-state index contributed by atoms with van der Waals surface area (Å²) in [6, 6.07) is 3.36. The van der Waals surface area contributed by atoms with Crippen LogP contribution >= 0.6 is 37.7 Å². The minimum Gasteiger partial charge on any atom is -0.398 e. The number of halogens is 1. The van der Waals surface area contributed by atoms with E-state index in [4.69, 9.17) is 11.5 Å². The zero-order valence-electron chi connectivity index (χ0n) is 5.61. The van der Waals surface area contributed by atoms with Crippen molar-refractivity contribution in [3.8, 4) is 0 Å². The highest BCUT2D eigenvalue weighted by molar-refractivity contribution is 7.81. The van der Waals surface area contributed by atoms with Crippen LogP contribution in [0.25, 0.3) is 0 Å². The van der Waals surface area contributed by atoms with E-state index in [2.05, 4.69) is 25.3 Å². The van der Waals surface area contributed by atoms with Crippen molar-refractivity contribution >= 4 is 49.0 Å². The predicted molar refractivity (Wildman–Crippen MR) is 57.0 cm³/mol. The molecule has 0 atom stereocenters. The van der Waals surface area contributed by atoms with Crippen LogP contribution < -0.4 is 11.5 Å². The maximum absolute atomic E-state index is 5.51. The largest absolute Gasteiger partial charge is 0.398 e. The Bertz CT molecular complexity index is 215. The fraction of sp³-hybridized carbons (Fsp3) is 0. The van der Waals surface area contributed by atoms with Gasteiger partial charge in [0, 0.05) is 21.2 Å². The van der Waals surface area contributed by atoms with E-state index in [1.807, 2.05) is 0 Å².